The van der Waals surface area contributed by atoms with Crippen molar-refractivity contribution < 1.29 is 14.6 Å². The zero-order valence-electron chi connectivity index (χ0n) is 10.8. The Morgan fingerprint density at radius 3 is 2.67 bits per heavy atom. The molecule has 0 bridgehead atoms. The number of thioether (sulfide) groups is 1. The molecule has 1 aliphatic carbocycles. The lowest BCUT2D eigenvalue weighted by atomic mass is 9.84. The summed E-state index contributed by atoms with van der Waals surface area (Å²) in [4.78, 5) is 11.9. The standard InChI is InChI=1S/C13H23NO3S/c15-6-7-17-13(4-8-18-9-5-13)10-14-12(16)11-2-1-3-11/h11,15H,1-10H2,(H,14,16). The van der Waals surface area contributed by atoms with Crippen LogP contribution in [0.5, 0.6) is 0 Å². The van der Waals surface area contributed by atoms with Crippen molar-refractivity contribution in [2.45, 2.75) is 37.7 Å². The lowest BCUT2D eigenvalue weighted by Crippen LogP contribution is -2.49. The van der Waals surface area contributed by atoms with Gasteiger partial charge in [-0.2, -0.15) is 11.8 Å². The number of ether oxygens (including phenoxy) is 1. The summed E-state index contributed by atoms with van der Waals surface area (Å²) in [6.07, 6.45) is 5.17. The van der Waals surface area contributed by atoms with Crippen LogP contribution in [-0.4, -0.2) is 47.9 Å². The third kappa shape index (κ3) is 3.62. The molecule has 1 saturated heterocycles. The van der Waals surface area contributed by atoms with Crippen LogP contribution in [0, 0.1) is 5.92 Å². The maximum atomic E-state index is 11.9. The SMILES string of the molecule is O=C(NCC1(OCCO)CCSCC1)C1CCC1. The molecular formula is C13H23NO3S. The maximum absolute atomic E-state index is 11.9. The molecule has 0 radical (unpaired) electrons. The number of aliphatic hydroxyl groups excluding tert-OH is 1. The highest BCUT2D eigenvalue weighted by Gasteiger charge is 2.35. The fraction of sp³-hybridized carbons (Fsp3) is 0.923. The molecule has 5 heteroatoms. The number of aliphatic hydroxyl groups is 1. The molecule has 1 heterocycles. The minimum atomic E-state index is -0.243. The van der Waals surface area contributed by atoms with E-state index in [4.69, 9.17) is 9.84 Å². The summed E-state index contributed by atoms with van der Waals surface area (Å²) >= 11 is 1.93. The number of carbonyl (C=O) groups excluding carboxylic acids is 1. The highest BCUT2D eigenvalue weighted by atomic mass is 32.2. The van der Waals surface area contributed by atoms with Gasteiger partial charge in [0.05, 0.1) is 18.8 Å². The van der Waals surface area contributed by atoms with Crippen molar-refractivity contribution in [3.63, 3.8) is 0 Å². The van der Waals surface area contributed by atoms with Crippen molar-refractivity contribution in [1.82, 2.24) is 5.32 Å². The van der Waals surface area contributed by atoms with E-state index in [1.54, 1.807) is 0 Å². The molecule has 1 amide bonds. The number of rotatable bonds is 6. The summed E-state index contributed by atoms with van der Waals surface area (Å²) in [5.41, 5.74) is -0.243. The average Bonchev–Trinajstić information content (AvgIpc) is 2.33. The van der Waals surface area contributed by atoms with Crippen LogP contribution in [0.25, 0.3) is 0 Å². The largest absolute Gasteiger partial charge is 0.394 e. The highest BCUT2D eigenvalue weighted by molar-refractivity contribution is 7.99. The van der Waals surface area contributed by atoms with Gasteiger partial charge in [-0.15, -0.1) is 0 Å². The predicted molar refractivity (Wildman–Crippen MR) is 72.7 cm³/mol. The Labute approximate surface area is 113 Å². The van der Waals surface area contributed by atoms with E-state index in [1.807, 2.05) is 11.8 Å². The van der Waals surface area contributed by atoms with Gasteiger partial charge in [0, 0.05) is 12.5 Å². The number of hydrogen-bond acceptors (Lipinski definition) is 4. The van der Waals surface area contributed by atoms with Crippen molar-refractivity contribution in [2.75, 3.05) is 31.3 Å². The minimum Gasteiger partial charge on any atom is -0.394 e. The maximum Gasteiger partial charge on any atom is 0.223 e. The molecule has 0 aromatic heterocycles. The summed E-state index contributed by atoms with van der Waals surface area (Å²) in [5.74, 6) is 2.57. The quantitative estimate of drug-likeness (QED) is 0.763. The Hall–Kier alpha value is -0.260. The molecule has 0 atom stereocenters. The van der Waals surface area contributed by atoms with Crippen LogP contribution in [0.4, 0.5) is 0 Å². The molecule has 2 N–H and O–H groups in total. The Morgan fingerprint density at radius 1 is 1.39 bits per heavy atom. The van der Waals surface area contributed by atoms with Crippen molar-refractivity contribution in [3.8, 4) is 0 Å². The lowest BCUT2D eigenvalue weighted by Gasteiger charge is -2.37. The average molecular weight is 273 g/mol. The molecule has 0 aromatic carbocycles. The van der Waals surface area contributed by atoms with E-state index in [0.29, 0.717) is 13.2 Å². The van der Waals surface area contributed by atoms with Crippen LogP contribution >= 0.6 is 11.8 Å². The van der Waals surface area contributed by atoms with Gasteiger partial charge in [-0.05, 0) is 37.2 Å². The lowest BCUT2D eigenvalue weighted by molar-refractivity contribution is -0.130. The molecule has 104 valence electrons. The van der Waals surface area contributed by atoms with Gasteiger partial charge < -0.3 is 15.2 Å². The molecule has 1 saturated carbocycles. The zero-order chi connectivity index (χ0) is 12.8. The first-order chi connectivity index (χ1) is 8.76. The fourth-order valence-electron chi connectivity index (χ4n) is 2.44. The van der Waals surface area contributed by atoms with Gasteiger partial charge in [0.2, 0.25) is 5.91 Å². The number of hydrogen-bond donors (Lipinski definition) is 2. The first kappa shape index (κ1) is 14.2. The highest BCUT2D eigenvalue weighted by Crippen LogP contribution is 2.31. The van der Waals surface area contributed by atoms with Gasteiger partial charge in [0.15, 0.2) is 0 Å². The Kier molecular flexibility index (Phi) is 5.33. The van der Waals surface area contributed by atoms with Crippen LogP contribution < -0.4 is 5.32 Å². The van der Waals surface area contributed by atoms with Gasteiger partial charge in [-0.25, -0.2) is 0 Å². The molecule has 2 rings (SSSR count). The van der Waals surface area contributed by atoms with Crippen molar-refractivity contribution in [1.29, 1.82) is 0 Å². The van der Waals surface area contributed by atoms with Gasteiger partial charge in [0.1, 0.15) is 0 Å². The molecule has 2 fully saturated rings. The van der Waals surface area contributed by atoms with Gasteiger partial charge in [-0.3, -0.25) is 4.79 Å². The fourth-order valence-corrected chi connectivity index (χ4v) is 3.68. The van der Waals surface area contributed by atoms with Crippen molar-refractivity contribution >= 4 is 17.7 Å². The number of nitrogens with one attached hydrogen (secondary N) is 1. The van der Waals surface area contributed by atoms with Gasteiger partial charge in [0.25, 0.3) is 0 Å². The van der Waals surface area contributed by atoms with E-state index in [2.05, 4.69) is 5.32 Å². The first-order valence-corrected chi connectivity index (χ1v) is 8.01. The first-order valence-electron chi connectivity index (χ1n) is 6.86. The Bertz CT molecular complexity index is 275. The summed E-state index contributed by atoms with van der Waals surface area (Å²) in [6, 6.07) is 0. The van der Waals surface area contributed by atoms with Crippen LogP contribution in [0.2, 0.25) is 0 Å². The molecule has 18 heavy (non-hydrogen) atoms. The molecule has 0 spiro atoms. The second kappa shape index (κ2) is 6.78. The van der Waals surface area contributed by atoms with Crippen LogP contribution in [-0.2, 0) is 9.53 Å². The third-order valence-electron chi connectivity index (χ3n) is 3.96. The molecule has 1 aliphatic heterocycles. The van der Waals surface area contributed by atoms with E-state index in [-0.39, 0.29) is 24.0 Å². The van der Waals surface area contributed by atoms with Crippen LogP contribution in [0.3, 0.4) is 0 Å². The molecule has 0 aromatic rings. The summed E-state index contributed by atoms with van der Waals surface area (Å²) < 4.78 is 5.82. The van der Waals surface area contributed by atoms with E-state index < -0.39 is 0 Å². The van der Waals surface area contributed by atoms with E-state index in [9.17, 15) is 4.79 Å². The molecular weight excluding hydrogens is 250 g/mol. The van der Waals surface area contributed by atoms with Gasteiger partial charge >= 0.3 is 0 Å². The predicted octanol–water partition coefficient (Wildman–Crippen LogP) is 1.18. The minimum absolute atomic E-state index is 0.0471. The Morgan fingerprint density at radius 2 is 2.11 bits per heavy atom. The number of amides is 1. The monoisotopic (exact) mass is 273 g/mol. The van der Waals surface area contributed by atoms with E-state index in [1.165, 1.54) is 6.42 Å². The van der Waals surface area contributed by atoms with Crippen LogP contribution in [0.15, 0.2) is 0 Å². The van der Waals surface area contributed by atoms with E-state index in [0.717, 1.165) is 37.2 Å². The number of carbonyl (C=O) groups is 1. The summed E-state index contributed by atoms with van der Waals surface area (Å²) in [7, 11) is 0. The van der Waals surface area contributed by atoms with Gasteiger partial charge in [-0.1, -0.05) is 6.42 Å². The second-order valence-corrected chi connectivity index (χ2v) is 6.44. The molecule has 0 unspecified atom stereocenters. The molecule has 4 nitrogen and oxygen atoms in total. The van der Waals surface area contributed by atoms with E-state index >= 15 is 0 Å². The zero-order valence-corrected chi connectivity index (χ0v) is 11.6. The Balaban J connectivity index is 1.81. The normalized spacial score (nSPS) is 23.4. The topological polar surface area (TPSA) is 58.6 Å². The molecule has 2 aliphatic rings. The third-order valence-corrected chi connectivity index (χ3v) is 4.95. The van der Waals surface area contributed by atoms with Crippen molar-refractivity contribution in [3.05, 3.63) is 0 Å². The summed E-state index contributed by atoms with van der Waals surface area (Å²) in [5, 5.41) is 12.0. The van der Waals surface area contributed by atoms with Crippen LogP contribution in [0.1, 0.15) is 32.1 Å². The second-order valence-electron chi connectivity index (χ2n) is 5.21. The summed E-state index contributed by atoms with van der Waals surface area (Å²) in [6.45, 7) is 1.01. The van der Waals surface area contributed by atoms with Crippen molar-refractivity contribution in [2.24, 2.45) is 5.92 Å². The smallest absolute Gasteiger partial charge is 0.223 e.